The molecule has 0 amide bonds. The van der Waals surface area contributed by atoms with Crippen molar-refractivity contribution >= 4 is 0 Å². The van der Waals surface area contributed by atoms with Crippen molar-refractivity contribution in [1.82, 2.24) is 9.55 Å². The summed E-state index contributed by atoms with van der Waals surface area (Å²) in [6.07, 6.45) is 5.25. The van der Waals surface area contributed by atoms with Crippen molar-refractivity contribution in [1.29, 1.82) is 0 Å². The lowest BCUT2D eigenvalue weighted by molar-refractivity contribution is 0.450. The molecule has 3 nitrogen and oxygen atoms in total. The largest absolute Gasteiger partial charge is 0.331 e. The number of nitrogens with zero attached hydrogens (tertiary/aromatic N) is 2. The Morgan fingerprint density at radius 3 is 2.95 bits per heavy atom. The number of fused-ring (bicyclic) bond motifs is 1. The highest BCUT2D eigenvalue weighted by molar-refractivity contribution is 5.34. The van der Waals surface area contributed by atoms with E-state index in [9.17, 15) is 0 Å². The maximum absolute atomic E-state index is 5.69. The van der Waals surface area contributed by atoms with Gasteiger partial charge in [0.25, 0.3) is 0 Å². The summed E-state index contributed by atoms with van der Waals surface area (Å²) in [6.45, 7) is 6.11. The first-order valence-corrected chi connectivity index (χ1v) is 7.49. The summed E-state index contributed by atoms with van der Waals surface area (Å²) in [5.74, 6) is 1.76. The van der Waals surface area contributed by atoms with Crippen molar-refractivity contribution in [3.63, 3.8) is 0 Å². The van der Waals surface area contributed by atoms with Crippen LogP contribution in [0.3, 0.4) is 0 Å². The van der Waals surface area contributed by atoms with Crippen LogP contribution in [-0.2, 0) is 19.4 Å². The van der Waals surface area contributed by atoms with Crippen LogP contribution in [0.15, 0.2) is 24.4 Å². The molecule has 106 valence electrons. The standard InChI is InChI=1S/C17H23N3/c1-12-3-6-16(13(2)9-12)14-4-5-15-10-19-17(7-8-18)20(15)11-14/h3,6,9-10,14H,4-5,7-8,11,18H2,1-2H3. The van der Waals surface area contributed by atoms with Gasteiger partial charge in [-0.15, -0.1) is 0 Å². The lowest BCUT2D eigenvalue weighted by Gasteiger charge is -2.27. The molecule has 0 saturated heterocycles. The van der Waals surface area contributed by atoms with Crippen LogP contribution in [0.5, 0.6) is 0 Å². The highest BCUT2D eigenvalue weighted by Crippen LogP contribution is 2.31. The molecular weight excluding hydrogens is 246 g/mol. The van der Waals surface area contributed by atoms with E-state index >= 15 is 0 Å². The Balaban J connectivity index is 1.89. The second kappa shape index (κ2) is 5.41. The van der Waals surface area contributed by atoms with Crippen molar-refractivity contribution in [2.45, 2.75) is 45.6 Å². The average Bonchev–Trinajstić information content (AvgIpc) is 2.82. The van der Waals surface area contributed by atoms with Gasteiger partial charge in [-0.25, -0.2) is 4.98 Å². The predicted molar refractivity (Wildman–Crippen MR) is 82.0 cm³/mol. The fourth-order valence-electron chi connectivity index (χ4n) is 3.38. The minimum absolute atomic E-state index is 0.605. The first kappa shape index (κ1) is 13.4. The molecule has 0 aliphatic carbocycles. The number of rotatable bonds is 3. The topological polar surface area (TPSA) is 43.8 Å². The summed E-state index contributed by atoms with van der Waals surface area (Å²) in [6, 6.07) is 6.83. The van der Waals surface area contributed by atoms with E-state index in [1.807, 2.05) is 6.20 Å². The smallest absolute Gasteiger partial charge is 0.110 e. The second-order valence-corrected chi connectivity index (χ2v) is 5.91. The molecule has 0 bridgehead atoms. The van der Waals surface area contributed by atoms with Gasteiger partial charge in [-0.1, -0.05) is 23.8 Å². The highest BCUT2D eigenvalue weighted by atomic mass is 15.1. The Kier molecular flexibility index (Phi) is 3.62. The molecule has 0 saturated carbocycles. The summed E-state index contributed by atoms with van der Waals surface area (Å²) >= 11 is 0. The average molecular weight is 269 g/mol. The molecule has 1 aliphatic rings. The van der Waals surface area contributed by atoms with E-state index in [0.717, 1.165) is 25.2 Å². The molecule has 1 aromatic carbocycles. The van der Waals surface area contributed by atoms with Crippen LogP contribution in [0.1, 0.15) is 40.5 Å². The third kappa shape index (κ3) is 2.38. The van der Waals surface area contributed by atoms with Crippen molar-refractivity contribution in [2.75, 3.05) is 6.54 Å². The molecule has 1 atom stereocenters. The van der Waals surface area contributed by atoms with Gasteiger partial charge < -0.3 is 10.3 Å². The fourth-order valence-corrected chi connectivity index (χ4v) is 3.38. The van der Waals surface area contributed by atoms with E-state index < -0.39 is 0 Å². The van der Waals surface area contributed by atoms with Crippen molar-refractivity contribution in [2.24, 2.45) is 5.73 Å². The maximum Gasteiger partial charge on any atom is 0.110 e. The lowest BCUT2D eigenvalue weighted by atomic mass is 9.87. The van der Waals surface area contributed by atoms with Crippen LogP contribution in [0.2, 0.25) is 0 Å². The van der Waals surface area contributed by atoms with Gasteiger partial charge in [-0.05, 0) is 44.4 Å². The molecule has 0 radical (unpaired) electrons. The zero-order chi connectivity index (χ0) is 14.1. The first-order valence-electron chi connectivity index (χ1n) is 7.49. The van der Waals surface area contributed by atoms with Crippen LogP contribution in [0.25, 0.3) is 0 Å². The monoisotopic (exact) mass is 269 g/mol. The number of hydrogen-bond acceptors (Lipinski definition) is 2. The third-order valence-electron chi connectivity index (χ3n) is 4.41. The summed E-state index contributed by atoms with van der Waals surface area (Å²) < 4.78 is 2.39. The zero-order valence-electron chi connectivity index (χ0n) is 12.4. The van der Waals surface area contributed by atoms with Crippen LogP contribution < -0.4 is 5.73 Å². The van der Waals surface area contributed by atoms with Crippen LogP contribution in [0, 0.1) is 13.8 Å². The Morgan fingerprint density at radius 1 is 1.35 bits per heavy atom. The SMILES string of the molecule is Cc1ccc(C2CCc3cnc(CCN)n3C2)c(C)c1. The second-order valence-electron chi connectivity index (χ2n) is 5.91. The predicted octanol–water partition coefficient (Wildman–Crippen LogP) is 2.73. The van der Waals surface area contributed by atoms with E-state index in [1.165, 1.54) is 28.8 Å². The summed E-state index contributed by atoms with van der Waals surface area (Å²) in [5, 5.41) is 0. The number of aromatic nitrogens is 2. The van der Waals surface area contributed by atoms with Gasteiger partial charge in [0.15, 0.2) is 0 Å². The molecular formula is C17H23N3. The van der Waals surface area contributed by atoms with Crippen LogP contribution >= 0.6 is 0 Å². The molecule has 1 aromatic heterocycles. The normalized spacial score (nSPS) is 18.1. The molecule has 2 aromatic rings. The number of nitrogens with two attached hydrogens (primary N) is 1. The van der Waals surface area contributed by atoms with E-state index in [1.54, 1.807) is 0 Å². The molecule has 0 spiro atoms. The molecule has 20 heavy (non-hydrogen) atoms. The van der Waals surface area contributed by atoms with Gasteiger partial charge in [-0.2, -0.15) is 0 Å². The van der Waals surface area contributed by atoms with Crippen molar-refractivity contribution in [3.8, 4) is 0 Å². The Labute approximate surface area is 120 Å². The first-order chi connectivity index (χ1) is 9.69. The summed E-state index contributed by atoms with van der Waals surface area (Å²) in [5.41, 5.74) is 11.3. The van der Waals surface area contributed by atoms with Crippen molar-refractivity contribution in [3.05, 3.63) is 52.6 Å². The molecule has 1 unspecified atom stereocenters. The lowest BCUT2D eigenvalue weighted by Crippen LogP contribution is -2.22. The quantitative estimate of drug-likeness (QED) is 0.931. The highest BCUT2D eigenvalue weighted by Gasteiger charge is 2.23. The van der Waals surface area contributed by atoms with Crippen LogP contribution in [0.4, 0.5) is 0 Å². The van der Waals surface area contributed by atoms with Gasteiger partial charge >= 0.3 is 0 Å². The number of hydrogen-bond donors (Lipinski definition) is 1. The Hall–Kier alpha value is -1.61. The minimum Gasteiger partial charge on any atom is -0.331 e. The fraction of sp³-hybridized carbons (Fsp3) is 0.471. The molecule has 2 heterocycles. The maximum atomic E-state index is 5.69. The number of aryl methyl sites for hydroxylation is 3. The molecule has 2 N–H and O–H groups in total. The summed E-state index contributed by atoms with van der Waals surface area (Å²) in [7, 11) is 0. The molecule has 0 fully saturated rings. The van der Waals surface area contributed by atoms with Gasteiger partial charge in [0.1, 0.15) is 5.82 Å². The Bertz CT molecular complexity index is 613. The van der Waals surface area contributed by atoms with Gasteiger partial charge in [-0.3, -0.25) is 0 Å². The van der Waals surface area contributed by atoms with E-state index in [0.29, 0.717) is 12.5 Å². The number of benzene rings is 1. The Morgan fingerprint density at radius 2 is 2.20 bits per heavy atom. The number of imidazole rings is 1. The minimum atomic E-state index is 0.605. The third-order valence-corrected chi connectivity index (χ3v) is 4.41. The molecule has 3 heteroatoms. The zero-order valence-corrected chi connectivity index (χ0v) is 12.4. The van der Waals surface area contributed by atoms with Gasteiger partial charge in [0.05, 0.1) is 0 Å². The van der Waals surface area contributed by atoms with Gasteiger partial charge in [0.2, 0.25) is 0 Å². The van der Waals surface area contributed by atoms with E-state index in [4.69, 9.17) is 5.73 Å². The van der Waals surface area contributed by atoms with E-state index in [-0.39, 0.29) is 0 Å². The molecule has 3 rings (SSSR count). The van der Waals surface area contributed by atoms with Crippen molar-refractivity contribution < 1.29 is 0 Å². The molecule has 1 aliphatic heterocycles. The van der Waals surface area contributed by atoms with Gasteiger partial charge in [0, 0.05) is 30.8 Å². The van der Waals surface area contributed by atoms with E-state index in [2.05, 4.69) is 41.6 Å². The summed E-state index contributed by atoms with van der Waals surface area (Å²) in [4.78, 5) is 4.54. The van der Waals surface area contributed by atoms with Crippen LogP contribution in [-0.4, -0.2) is 16.1 Å².